The zero-order chi connectivity index (χ0) is 17.2. The van der Waals surface area contributed by atoms with Gasteiger partial charge in [0.2, 0.25) is 10.0 Å². The Morgan fingerprint density at radius 2 is 1.87 bits per heavy atom. The van der Waals surface area contributed by atoms with Crippen molar-refractivity contribution >= 4 is 10.0 Å². The molecule has 23 heavy (non-hydrogen) atoms. The third kappa shape index (κ3) is 3.73. The SMILES string of the molecule is CCOc1cc(C)c(S(=O)(=O)NCc2c(C)noc2C)cc1C. The Balaban J connectivity index is 2.28. The van der Waals surface area contributed by atoms with E-state index in [2.05, 4.69) is 9.88 Å². The van der Waals surface area contributed by atoms with E-state index in [0.29, 0.717) is 29.4 Å². The number of nitrogens with zero attached hydrogens (tertiary/aromatic N) is 1. The third-order valence-electron chi connectivity index (χ3n) is 3.68. The molecule has 2 aromatic rings. The first-order valence-corrected chi connectivity index (χ1v) is 8.90. The van der Waals surface area contributed by atoms with Gasteiger partial charge in [0.1, 0.15) is 11.5 Å². The van der Waals surface area contributed by atoms with Crippen molar-refractivity contribution in [1.29, 1.82) is 0 Å². The van der Waals surface area contributed by atoms with Crippen LogP contribution in [0.3, 0.4) is 0 Å². The fourth-order valence-corrected chi connectivity index (χ4v) is 3.67. The summed E-state index contributed by atoms with van der Waals surface area (Å²) in [5, 5.41) is 3.83. The van der Waals surface area contributed by atoms with Crippen LogP contribution in [0.2, 0.25) is 0 Å². The molecule has 7 heteroatoms. The number of hydrogen-bond donors (Lipinski definition) is 1. The average molecular weight is 338 g/mol. The molecule has 0 aliphatic heterocycles. The molecule has 0 fully saturated rings. The molecule has 0 amide bonds. The minimum Gasteiger partial charge on any atom is -0.494 e. The molecule has 0 saturated heterocycles. The van der Waals surface area contributed by atoms with Crippen LogP contribution in [-0.4, -0.2) is 20.2 Å². The smallest absolute Gasteiger partial charge is 0.241 e. The first-order chi connectivity index (χ1) is 10.8. The lowest BCUT2D eigenvalue weighted by atomic mass is 10.1. The van der Waals surface area contributed by atoms with Crippen molar-refractivity contribution in [2.75, 3.05) is 6.61 Å². The number of hydrogen-bond acceptors (Lipinski definition) is 5. The summed E-state index contributed by atoms with van der Waals surface area (Å²) in [6.07, 6.45) is 0. The number of aryl methyl sites for hydroxylation is 4. The predicted molar refractivity (Wildman–Crippen MR) is 87.1 cm³/mol. The topological polar surface area (TPSA) is 81.4 Å². The molecule has 0 aliphatic rings. The van der Waals surface area contributed by atoms with E-state index in [1.807, 2.05) is 13.8 Å². The number of rotatable bonds is 6. The van der Waals surface area contributed by atoms with Gasteiger partial charge in [-0.25, -0.2) is 13.1 Å². The third-order valence-corrected chi connectivity index (χ3v) is 5.23. The normalized spacial score (nSPS) is 11.7. The van der Waals surface area contributed by atoms with Gasteiger partial charge in [-0.2, -0.15) is 0 Å². The van der Waals surface area contributed by atoms with Gasteiger partial charge in [0.25, 0.3) is 0 Å². The second-order valence-electron chi connectivity index (χ2n) is 5.44. The van der Waals surface area contributed by atoms with E-state index in [4.69, 9.17) is 9.26 Å². The van der Waals surface area contributed by atoms with Crippen molar-refractivity contribution in [2.24, 2.45) is 0 Å². The number of aromatic nitrogens is 1. The van der Waals surface area contributed by atoms with Crippen LogP contribution < -0.4 is 9.46 Å². The molecular weight excluding hydrogens is 316 g/mol. The van der Waals surface area contributed by atoms with Crippen LogP contribution in [-0.2, 0) is 16.6 Å². The Hall–Kier alpha value is -1.86. The Bertz CT molecular complexity index is 790. The average Bonchev–Trinajstić information content (AvgIpc) is 2.79. The van der Waals surface area contributed by atoms with E-state index in [1.54, 1.807) is 32.9 Å². The Labute approximate surface area is 136 Å². The summed E-state index contributed by atoms with van der Waals surface area (Å²) in [6.45, 7) is 9.71. The molecule has 1 aromatic carbocycles. The molecule has 0 unspecified atom stereocenters. The highest BCUT2D eigenvalue weighted by Gasteiger charge is 2.20. The van der Waals surface area contributed by atoms with Crippen molar-refractivity contribution in [2.45, 2.75) is 46.1 Å². The largest absolute Gasteiger partial charge is 0.494 e. The van der Waals surface area contributed by atoms with Crippen LogP contribution in [0, 0.1) is 27.7 Å². The van der Waals surface area contributed by atoms with Gasteiger partial charge >= 0.3 is 0 Å². The van der Waals surface area contributed by atoms with Gasteiger partial charge in [0, 0.05) is 12.1 Å². The molecule has 0 radical (unpaired) electrons. The van der Waals surface area contributed by atoms with Crippen LogP contribution in [0.4, 0.5) is 0 Å². The molecule has 0 atom stereocenters. The Morgan fingerprint density at radius 1 is 1.17 bits per heavy atom. The van der Waals surface area contributed by atoms with E-state index in [-0.39, 0.29) is 11.4 Å². The van der Waals surface area contributed by atoms with Crippen LogP contribution >= 0.6 is 0 Å². The number of nitrogens with one attached hydrogen (secondary N) is 1. The van der Waals surface area contributed by atoms with Crippen molar-refractivity contribution in [3.05, 3.63) is 40.3 Å². The van der Waals surface area contributed by atoms with Gasteiger partial charge in [-0.3, -0.25) is 0 Å². The van der Waals surface area contributed by atoms with Gasteiger partial charge in [-0.1, -0.05) is 5.16 Å². The fourth-order valence-electron chi connectivity index (χ4n) is 2.36. The summed E-state index contributed by atoms with van der Waals surface area (Å²) < 4.78 is 38.3. The maximum atomic E-state index is 12.6. The lowest BCUT2D eigenvalue weighted by Gasteiger charge is -2.13. The molecule has 6 nitrogen and oxygen atoms in total. The highest BCUT2D eigenvalue weighted by Crippen LogP contribution is 2.26. The minimum absolute atomic E-state index is 0.148. The van der Waals surface area contributed by atoms with E-state index in [1.165, 1.54) is 0 Å². The molecule has 1 heterocycles. The number of sulfonamides is 1. The quantitative estimate of drug-likeness (QED) is 0.876. The zero-order valence-corrected chi connectivity index (χ0v) is 14.9. The van der Waals surface area contributed by atoms with Gasteiger partial charge < -0.3 is 9.26 Å². The standard InChI is InChI=1S/C16H22N2O4S/c1-6-21-15-7-11(3)16(8-10(15)2)23(19,20)17-9-14-12(4)18-22-13(14)5/h7-8,17H,6,9H2,1-5H3. The van der Waals surface area contributed by atoms with Gasteiger partial charge in [0.15, 0.2) is 0 Å². The molecule has 0 spiro atoms. The van der Waals surface area contributed by atoms with E-state index < -0.39 is 10.0 Å². The van der Waals surface area contributed by atoms with E-state index >= 15 is 0 Å². The summed E-state index contributed by atoms with van der Waals surface area (Å²) in [6, 6.07) is 3.39. The highest BCUT2D eigenvalue weighted by molar-refractivity contribution is 7.89. The highest BCUT2D eigenvalue weighted by atomic mass is 32.2. The van der Waals surface area contributed by atoms with E-state index in [0.717, 1.165) is 11.1 Å². The first-order valence-electron chi connectivity index (χ1n) is 7.41. The molecule has 0 bridgehead atoms. The molecular formula is C16H22N2O4S. The maximum absolute atomic E-state index is 12.6. The Morgan fingerprint density at radius 3 is 2.43 bits per heavy atom. The van der Waals surface area contributed by atoms with E-state index in [9.17, 15) is 8.42 Å². The fraction of sp³-hybridized carbons (Fsp3) is 0.438. The van der Waals surface area contributed by atoms with Gasteiger partial charge in [-0.05, 0) is 57.9 Å². The van der Waals surface area contributed by atoms with Crippen molar-refractivity contribution < 1.29 is 17.7 Å². The lowest BCUT2D eigenvalue weighted by molar-refractivity contribution is 0.337. The van der Waals surface area contributed by atoms with Crippen LogP contribution in [0.15, 0.2) is 21.6 Å². The molecule has 0 saturated carbocycles. The molecule has 126 valence electrons. The number of benzene rings is 1. The molecule has 2 rings (SSSR count). The maximum Gasteiger partial charge on any atom is 0.241 e. The lowest BCUT2D eigenvalue weighted by Crippen LogP contribution is -2.24. The van der Waals surface area contributed by atoms with Gasteiger partial charge in [-0.15, -0.1) is 0 Å². The van der Waals surface area contributed by atoms with Gasteiger partial charge in [0.05, 0.1) is 17.2 Å². The zero-order valence-electron chi connectivity index (χ0n) is 14.1. The second-order valence-corrected chi connectivity index (χ2v) is 7.18. The summed E-state index contributed by atoms with van der Waals surface area (Å²) in [7, 11) is -3.63. The predicted octanol–water partition coefficient (Wildman–Crippen LogP) is 2.79. The number of ether oxygens (including phenoxy) is 1. The Kier molecular flexibility index (Phi) is 5.11. The van der Waals surface area contributed by atoms with Crippen LogP contribution in [0.25, 0.3) is 0 Å². The second kappa shape index (κ2) is 6.72. The van der Waals surface area contributed by atoms with Crippen molar-refractivity contribution in [3.8, 4) is 5.75 Å². The summed E-state index contributed by atoms with van der Waals surface area (Å²) in [5.74, 6) is 1.32. The minimum atomic E-state index is -3.63. The molecule has 1 N–H and O–H groups in total. The summed E-state index contributed by atoms with van der Waals surface area (Å²) >= 11 is 0. The monoisotopic (exact) mass is 338 g/mol. The van der Waals surface area contributed by atoms with Crippen LogP contribution in [0.1, 0.15) is 35.1 Å². The van der Waals surface area contributed by atoms with Crippen molar-refractivity contribution in [3.63, 3.8) is 0 Å². The van der Waals surface area contributed by atoms with Crippen LogP contribution in [0.5, 0.6) is 5.75 Å². The molecule has 1 aromatic heterocycles. The first kappa shape index (κ1) is 17.5. The molecule has 0 aliphatic carbocycles. The summed E-state index contributed by atoms with van der Waals surface area (Å²) in [5.41, 5.74) is 2.87. The summed E-state index contributed by atoms with van der Waals surface area (Å²) in [4.78, 5) is 0.255. The van der Waals surface area contributed by atoms with Crippen molar-refractivity contribution in [1.82, 2.24) is 9.88 Å².